The highest BCUT2D eigenvalue weighted by atomic mass is 79.9. The van der Waals surface area contributed by atoms with Crippen molar-refractivity contribution in [3.63, 3.8) is 0 Å². The van der Waals surface area contributed by atoms with Crippen LogP contribution in [0.15, 0.2) is 28.7 Å². The van der Waals surface area contributed by atoms with Crippen LogP contribution in [0, 0.1) is 0 Å². The molecule has 1 aromatic rings. The second-order valence-corrected chi connectivity index (χ2v) is 5.58. The van der Waals surface area contributed by atoms with Crippen molar-refractivity contribution < 1.29 is 14.2 Å². The van der Waals surface area contributed by atoms with Gasteiger partial charge in [0.2, 0.25) is 0 Å². The first-order chi connectivity index (χ1) is 9.65. The Kier molecular flexibility index (Phi) is 9.05. The maximum atomic E-state index is 6.01. The van der Waals surface area contributed by atoms with Crippen molar-refractivity contribution in [2.45, 2.75) is 25.5 Å². The van der Waals surface area contributed by atoms with E-state index in [1.54, 1.807) is 7.11 Å². The second kappa shape index (κ2) is 10.3. The third-order valence-electron chi connectivity index (χ3n) is 2.82. The molecular formula is C15H24BrNO3. The summed E-state index contributed by atoms with van der Waals surface area (Å²) in [7, 11) is 1.66. The molecule has 5 heteroatoms. The number of rotatable bonds is 10. The number of hydrogen-bond donors (Lipinski definition) is 1. The van der Waals surface area contributed by atoms with E-state index in [0.717, 1.165) is 16.5 Å². The molecule has 4 nitrogen and oxygen atoms in total. The van der Waals surface area contributed by atoms with Crippen molar-refractivity contribution >= 4 is 15.9 Å². The number of halogens is 1. The molecule has 0 saturated heterocycles. The van der Waals surface area contributed by atoms with E-state index in [0.29, 0.717) is 26.4 Å². The first-order valence-electron chi connectivity index (χ1n) is 6.84. The van der Waals surface area contributed by atoms with Crippen LogP contribution in [0.3, 0.4) is 0 Å². The van der Waals surface area contributed by atoms with Gasteiger partial charge in [-0.15, -0.1) is 0 Å². The van der Waals surface area contributed by atoms with Crippen LogP contribution in [0.5, 0.6) is 0 Å². The molecule has 2 atom stereocenters. The highest BCUT2D eigenvalue weighted by molar-refractivity contribution is 9.10. The van der Waals surface area contributed by atoms with Crippen LogP contribution in [0.2, 0.25) is 0 Å². The maximum absolute atomic E-state index is 6.01. The molecule has 0 amide bonds. The zero-order valence-corrected chi connectivity index (χ0v) is 13.8. The molecule has 0 aromatic heterocycles. The molecule has 2 unspecified atom stereocenters. The summed E-state index contributed by atoms with van der Waals surface area (Å²) in [5.41, 5.74) is 7.10. The van der Waals surface area contributed by atoms with Gasteiger partial charge in [-0.3, -0.25) is 0 Å². The Morgan fingerprint density at radius 3 is 2.65 bits per heavy atom. The molecule has 20 heavy (non-hydrogen) atoms. The van der Waals surface area contributed by atoms with E-state index in [-0.39, 0.29) is 12.1 Å². The Morgan fingerprint density at radius 2 is 2.00 bits per heavy atom. The first kappa shape index (κ1) is 17.6. The van der Waals surface area contributed by atoms with Gasteiger partial charge in [-0.25, -0.2) is 0 Å². The first-order valence-corrected chi connectivity index (χ1v) is 7.63. The molecule has 0 aliphatic rings. The molecule has 0 heterocycles. The molecule has 0 spiro atoms. The smallest absolute Gasteiger partial charge is 0.0973 e. The maximum Gasteiger partial charge on any atom is 0.0973 e. The molecular weight excluding hydrogens is 322 g/mol. The lowest BCUT2D eigenvalue weighted by Crippen LogP contribution is -2.27. The molecule has 0 bridgehead atoms. The van der Waals surface area contributed by atoms with Gasteiger partial charge in [0.25, 0.3) is 0 Å². The van der Waals surface area contributed by atoms with Gasteiger partial charge in [0.15, 0.2) is 0 Å². The van der Waals surface area contributed by atoms with Crippen molar-refractivity contribution in [1.29, 1.82) is 0 Å². The summed E-state index contributed by atoms with van der Waals surface area (Å²) in [6.07, 6.45) is 0.757. The molecule has 0 aliphatic heterocycles. The molecule has 0 radical (unpaired) electrons. The minimum Gasteiger partial charge on any atom is -0.382 e. The predicted molar refractivity (Wildman–Crippen MR) is 83.8 cm³/mol. The SMILES string of the molecule is COCCOCCCOC(c1cccc(Br)c1)C(C)N. The van der Waals surface area contributed by atoms with Crippen LogP contribution in [0.4, 0.5) is 0 Å². The van der Waals surface area contributed by atoms with Crippen molar-refractivity contribution in [2.24, 2.45) is 5.73 Å². The topological polar surface area (TPSA) is 53.7 Å². The van der Waals surface area contributed by atoms with Crippen molar-refractivity contribution in [3.05, 3.63) is 34.3 Å². The lowest BCUT2D eigenvalue weighted by Gasteiger charge is -2.22. The summed E-state index contributed by atoms with van der Waals surface area (Å²) in [4.78, 5) is 0. The molecule has 0 aliphatic carbocycles. The summed E-state index contributed by atoms with van der Waals surface area (Å²) >= 11 is 3.47. The number of benzene rings is 1. The summed E-state index contributed by atoms with van der Waals surface area (Å²) in [6, 6.07) is 8.01. The van der Waals surface area contributed by atoms with E-state index in [2.05, 4.69) is 15.9 Å². The van der Waals surface area contributed by atoms with Crippen LogP contribution >= 0.6 is 15.9 Å². The van der Waals surface area contributed by atoms with E-state index in [9.17, 15) is 0 Å². The van der Waals surface area contributed by atoms with Gasteiger partial charge in [0, 0.05) is 30.8 Å². The highest BCUT2D eigenvalue weighted by Gasteiger charge is 2.16. The Bertz CT molecular complexity index is 374. The third kappa shape index (κ3) is 6.81. The molecule has 0 fully saturated rings. The van der Waals surface area contributed by atoms with Crippen LogP contribution in [0.1, 0.15) is 25.0 Å². The standard InChI is InChI=1S/C15H24BrNO3/c1-12(17)15(13-5-3-6-14(16)11-13)20-8-4-7-19-10-9-18-2/h3,5-6,11-12,15H,4,7-10,17H2,1-2H3. The summed E-state index contributed by atoms with van der Waals surface area (Å²) in [5.74, 6) is 0. The van der Waals surface area contributed by atoms with Gasteiger partial charge in [0.1, 0.15) is 0 Å². The third-order valence-corrected chi connectivity index (χ3v) is 3.31. The van der Waals surface area contributed by atoms with E-state index in [1.165, 1.54) is 0 Å². The monoisotopic (exact) mass is 345 g/mol. The number of hydrogen-bond acceptors (Lipinski definition) is 4. The second-order valence-electron chi connectivity index (χ2n) is 4.66. The Hall–Kier alpha value is -0.460. The van der Waals surface area contributed by atoms with Gasteiger partial charge < -0.3 is 19.9 Å². The van der Waals surface area contributed by atoms with Gasteiger partial charge in [-0.05, 0) is 31.0 Å². The zero-order chi connectivity index (χ0) is 14.8. The van der Waals surface area contributed by atoms with Crippen LogP contribution in [-0.4, -0.2) is 39.6 Å². The fourth-order valence-corrected chi connectivity index (χ4v) is 2.27. The van der Waals surface area contributed by atoms with E-state index >= 15 is 0 Å². The number of nitrogens with two attached hydrogens (primary N) is 1. The average molecular weight is 346 g/mol. The Balaban J connectivity index is 2.33. The number of ether oxygens (including phenoxy) is 3. The minimum atomic E-state index is -0.0912. The molecule has 114 valence electrons. The van der Waals surface area contributed by atoms with E-state index < -0.39 is 0 Å². The van der Waals surface area contributed by atoms with Gasteiger partial charge in [-0.2, -0.15) is 0 Å². The largest absolute Gasteiger partial charge is 0.382 e. The van der Waals surface area contributed by atoms with Crippen LogP contribution in [0.25, 0.3) is 0 Å². The average Bonchev–Trinajstić information content (AvgIpc) is 2.41. The van der Waals surface area contributed by atoms with Crippen molar-refractivity contribution in [1.82, 2.24) is 0 Å². The summed E-state index contributed by atoms with van der Waals surface area (Å²) in [6.45, 7) is 4.51. The molecule has 0 saturated carbocycles. The van der Waals surface area contributed by atoms with Gasteiger partial charge >= 0.3 is 0 Å². The summed E-state index contributed by atoms with van der Waals surface area (Å²) in [5, 5.41) is 0. The normalized spacial score (nSPS) is 14.2. The fourth-order valence-electron chi connectivity index (χ4n) is 1.85. The van der Waals surface area contributed by atoms with E-state index in [4.69, 9.17) is 19.9 Å². The van der Waals surface area contributed by atoms with Crippen LogP contribution < -0.4 is 5.73 Å². The highest BCUT2D eigenvalue weighted by Crippen LogP contribution is 2.23. The fraction of sp³-hybridized carbons (Fsp3) is 0.600. The van der Waals surface area contributed by atoms with Crippen molar-refractivity contribution in [2.75, 3.05) is 33.5 Å². The Labute approximate surface area is 129 Å². The lowest BCUT2D eigenvalue weighted by atomic mass is 10.0. The predicted octanol–water partition coefficient (Wildman–Crippen LogP) is 2.91. The molecule has 1 rings (SSSR count). The van der Waals surface area contributed by atoms with Gasteiger partial charge in [-0.1, -0.05) is 28.1 Å². The zero-order valence-electron chi connectivity index (χ0n) is 12.2. The minimum absolute atomic E-state index is 0.0568. The van der Waals surface area contributed by atoms with Gasteiger partial charge in [0.05, 0.1) is 19.3 Å². The lowest BCUT2D eigenvalue weighted by molar-refractivity contribution is 0.0143. The Morgan fingerprint density at radius 1 is 1.20 bits per heavy atom. The summed E-state index contributed by atoms with van der Waals surface area (Å²) < 4.78 is 17.2. The van der Waals surface area contributed by atoms with E-state index in [1.807, 2.05) is 31.2 Å². The molecule has 2 N–H and O–H groups in total. The number of methoxy groups -OCH3 is 1. The van der Waals surface area contributed by atoms with Crippen LogP contribution in [-0.2, 0) is 14.2 Å². The quantitative estimate of drug-likeness (QED) is 0.662. The molecule has 1 aromatic carbocycles. The van der Waals surface area contributed by atoms with Crippen molar-refractivity contribution in [3.8, 4) is 0 Å².